The number of aromatic amines is 1. The minimum atomic E-state index is -0.206. The second-order valence-electron chi connectivity index (χ2n) is 8.83. The lowest BCUT2D eigenvalue weighted by atomic mass is 10.1. The van der Waals surface area contributed by atoms with E-state index in [9.17, 15) is 4.79 Å². The van der Waals surface area contributed by atoms with Gasteiger partial charge >= 0.3 is 0 Å². The molecule has 188 valence electrons. The second-order valence-corrected chi connectivity index (χ2v) is 8.83. The third-order valence-corrected chi connectivity index (χ3v) is 6.06. The summed E-state index contributed by atoms with van der Waals surface area (Å²) >= 11 is 0. The predicted octanol–water partition coefficient (Wildman–Crippen LogP) is 5.14. The fourth-order valence-electron chi connectivity index (χ4n) is 4.16. The van der Waals surface area contributed by atoms with Crippen molar-refractivity contribution in [1.29, 1.82) is 0 Å². The molecule has 0 radical (unpaired) electrons. The van der Waals surface area contributed by atoms with Gasteiger partial charge in [-0.15, -0.1) is 0 Å². The van der Waals surface area contributed by atoms with Gasteiger partial charge in [-0.1, -0.05) is 37.6 Å². The minimum absolute atomic E-state index is 0.164. The summed E-state index contributed by atoms with van der Waals surface area (Å²) in [4.78, 5) is 27.3. The van der Waals surface area contributed by atoms with E-state index >= 15 is 0 Å². The maximum atomic E-state index is 12.7. The van der Waals surface area contributed by atoms with Crippen LogP contribution in [-0.4, -0.2) is 35.2 Å². The number of hydrogen-bond donors (Lipinski definition) is 2. The molecule has 0 unspecified atom stereocenters. The first-order valence-corrected chi connectivity index (χ1v) is 12.2. The summed E-state index contributed by atoms with van der Waals surface area (Å²) in [5, 5.41) is 3.92. The van der Waals surface area contributed by atoms with E-state index in [-0.39, 0.29) is 11.6 Å². The van der Waals surface area contributed by atoms with Crippen molar-refractivity contribution in [2.75, 3.05) is 24.4 Å². The number of rotatable bonds is 11. The van der Waals surface area contributed by atoms with Gasteiger partial charge in [0, 0.05) is 25.3 Å². The van der Waals surface area contributed by atoms with E-state index in [1.165, 1.54) is 0 Å². The van der Waals surface area contributed by atoms with E-state index in [4.69, 9.17) is 19.4 Å². The van der Waals surface area contributed by atoms with Crippen molar-refractivity contribution in [3.05, 3.63) is 82.3 Å². The van der Waals surface area contributed by atoms with Crippen LogP contribution in [-0.2, 0) is 13.1 Å². The quantitative estimate of drug-likeness (QED) is 0.302. The highest BCUT2D eigenvalue weighted by molar-refractivity contribution is 5.89. The zero-order valence-electron chi connectivity index (χ0n) is 21.2. The number of hydrogen-bond acceptors (Lipinski definition) is 7. The third kappa shape index (κ3) is 5.94. The largest absolute Gasteiger partial charge is 0.497 e. The third-order valence-electron chi connectivity index (χ3n) is 6.06. The lowest BCUT2D eigenvalue weighted by Crippen LogP contribution is -2.26. The first kappa shape index (κ1) is 25.0. The molecule has 0 aliphatic heterocycles. The van der Waals surface area contributed by atoms with Crippen molar-refractivity contribution >= 4 is 22.7 Å². The molecule has 0 aliphatic carbocycles. The Labute approximate surface area is 211 Å². The summed E-state index contributed by atoms with van der Waals surface area (Å²) in [7, 11) is 3.31. The molecule has 0 saturated heterocycles. The molecule has 4 rings (SSSR count). The lowest BCUT2D eigenvalue weighted by Gasteiger charge is -2.25. The number of benzene rings is 2. The van der Waals surface area contributed by atoms with Crippen LogP contribution in [0.4, 0.5) is 11.8 Å². The molecule has 36 heavy (non-hydrogen) atoms. The van der Waals surface area contributed by atoms with Gasteiger partial charge in [0.15, 0.2) is 0 Å². The number of methoxy groups -OCH3 is 2. The zero-order chi connectivity index (χ0) is 25.5. The van der Waals surface area contributed by atoms with Crippen LogP contribution in [0.3, 0.4) is 0 Å². The van der Waals surface area contributed by atoms with Gasteiger partial charge in [-0.25, -0.2) is 4.98 Å². The van der Waals surface area contributed by atoms with Crippen LogP contribution in [0.5, 0.6) is 11.5 Å². The fraction of sp³-hybridized carbons (Fsp3) is 0.321. The Kier molecular flexibility index (Phi) is 8.05. The summed E-state index contributed by atoms with van der Waals surface area (Å²) in [6.07, 6.45) is 3.62. The SMILES string of the molecule is CCC[C@@H](C)Nc1nc(N(Cc2ccc(OC)cc2)Cc2ccc(OC)cc2)nc2cc[nH]c(=O)c12. The van der Waals surface area contributed by atoms with Crippen LogP contribution in [0.15, 0.2) is 65.6 Å². The van der Waals surface area contributed by atoms with E-state index in [1.807, 2.05) is 54.6 Å². The highest BCUT2D eigenvalue weighted by Crippen LogP contribution is 2.25. The van der Waals surface area contributed by atoms with Crippen molar-refractivity contribution in [2.45, 2.75) is 45.8 Å². The average molecular weight is 488 g/mol. The maximum Gasteiger partial charge on any atom is 0.261 e. The first-order valence-electron chi connectivity index (χ1n) is 12.2. The number of nitrogens with one attached hydrogen (secondary N) is 2. The molecular weight excluding hydrogens is 454 g/mol. The molecule has 1 atom stereocenters. The van der Waals surface area contributed by atoms with Crippen LogP contribution in [0.25, 0.3) is 10.9 Å². The molecule has 2 aromatic carbocycles. The molecular formula is C28H33N5O3. The van der Waals surface area contributed by atoms with Crippen LogP contribution < -0.4 is 25.2 Å². The Morgan fingerprint density at radius 1 is 0.917 bits per heavy atom. The van der Waals surface area contributed by atoms with Gasteiger partial charge in [-0.05, 0) is 54.8 Å². The fourth-order valence-corrected chi connectivity index (χ4v) is 4.16. The molecule has 0 amide bonds. The number of nitrogens with zero attached hydrogens (tertiary/aromatic N) is 3. The summed E-state index contributed by atoms with van der Waals surface area (Å²) in [6, 6.07) is 17.9. The molecule has 0 aliphatic rings. The van der Waals surface area contributed by atoms with Crippen LogP contribution in [0.2, 0.25) is 0 Å². The molecule has 0 spiro atoms. The van der Waals surface area contributed by atoms with Crippen LogP contribution in [0.1, 0.15) is 37.8 Å². The summed E-state index contributed by atoms with van der Waals surface area (Å²) in [5.74, 6) is 2.70. The molecule has 0 fully saturated rings. The standard InChI is InChI=1S/C28H33N5O3/c1-5-6-19(2)30-26-25-24(15-16-29-27(25)34)31-28(32-26)33(17-20-7-11-22(35-3)12-8-20)18-21-9-13-23(36-4)14-10-21/h7-16,19H,5-6,17-18H2,1-4H3,(H,29,34)(H,30,31,32)/t19-/m1/s1. The van der Waals surface area contributed by atoms with Crippen LogP contribution >= 0.6 is 0 Å². The molecule has 2 heterocycles. The van der Waals surface area contributed by atoms with Crippen LogP contribution in [0, 0.1) is 0 Å². The molecule has 2 aromatic heterocycles. The highest BCUT2D eigenvalue weighted by Gasteiger charge is 2.18. The molecule has 4 aromatic rings. The van der Waals surface area contributed by atoms with Gasteiger partial charge in [0.25, 0.3) is 5.56 Å². The molecule has 0 saturated carbocycles. The van der Waals surface area contributed by atoms with Crippen molar-refractivity contribution in [3.8, 4) is 11.5 Å². The molecule has 2 N–H and O–H groups in total. The topological polar surface area (TPSA) is 92.4 Å². The Hall–Kier alpha value is -4.07. The van der Waals surface area contributed by atoms with Gasteiger partial charge in [-0.2, -0.15) is 4.98 Å². The number of fused-ring (bicyclic) bond motifs is 1. The van der Waals surface area contributed by atoms with Gasteiger partial charge < -0.3 is 24.7 Å². The first-order chi connectivity index (χ1) is 17.5. The molecule has 0 bridgehead atoms. The Bertz CT molecular complexity index is 1290. The lowest BCUT2D eigenvalue weighted by molar-refractivity contribution is 0.414. The smallest absolute Gasteiger partial charge is 0.261 e. The van der Waals surface area contributed by atoms with E-state index in [0.29, 0.717) is 35.8 Å². The zero-order valence-corrected chi connectivity index (χ0v) is 21.2. The normalized spacial score (nSPS) is 11.8. The van der Waals surface area contributed by atoms with Crippen molar-refractivity contribution in [1.82, 2.24) is 15.0 Å². The molecule has 8 heteroatoms. The van der Waals surface area contributed by atoms with Gasteiger partial charge in [0.05, 0.1) is 19.7 Å². The predicted molar refractivity (Wildman–Crippen MR) is 144 cm³/mol. The number of H-pyrrole nitrogens is 1. The van der Waals surface area contributed by atoms with E-state index in [2.05, 4.69) is 29.0 Å². The number of ether oxygens (including phenoxy) is 2. The van der Waals surface area contributed by atoms with E-state index in [1.54, 1.807) is 20.4 Å². The summed E-state index contributed by atoms with van der Waals surface area (Å²) < 4.78 is 10.6. The number of pyridine rings is 1. The average Bonchev–Trinajstić information content (AvgIpc) is 2.89. The van der Waals surface area contributed by atoms with Crippen molar-refractivity contribution in [3.63, 3.8) is 0 Å². The van der Waals surface area contributed by atoms with Gasteiger partial charge in [-0.3, -0.25) is 4.79 Å². The van der Waals surface area contributed by atoms with Gasteiger partial charge in [0.2, 0.25) is 5.95 Å². The second kappa shape index (κ2) is 11.6. The van der Waals surface area contributed by atoms with Crippen molar-refractivity contribution in [2.24, 2.45) is 0 Å². The van der Waals surface area contributed by atoms with Gasteiger partial charge in [0.1, 0.15) is 22.7 Å². The number of aromatic nitrogens is 3. The molecule has 8 nitrogen and oxygen atoms in total. The summed E-state index contributed by atoms with van der Waals surface area (Å²) in [5.41, 5.74) is 2.58. The monoisotopic (exact) mass is 487 g/mol. The van der Waals surface area contributed by atoms with Crippen molar-refractivity contribution < 1.29 is 9.47 Å². The Morgan fingerprint density at radius 3 is 2.03 bits per heavy atom. The summed E-state index contributed by atoms with van der Waals surface area (Å²) in [6.45, 7) is 5.39. The van der Waals surface area contributed by atoms with E-state index in [0.717, 1.165) is 35.5 Å². The number of anilines is 2. The Balaban J connectivity index is 1.77. The Morgan fingerprint density at radius 2 is 1.50 bits per heavy atom. The minimum Gasteiger partial charge on any atom is -0.497 e. The van der Waals surface area contributed by atoms with E-state index < -0.39 is 0 Å². The highest BCUT2D eigenvalue weighted by atomic mass is 16.5. The maximum absolute atomic E-state index is 12.7.